The van der Waals surface area contributed by atoms with Gasteiger partial charge in [0.2, 0.25) is 5.91 Å². The van der Waals surface area contributed by atoms with Gasteiger partial charge in [0.25, 0.3) is 0 Å². The van der Waals surface area contributed by atoms with Crippen molar-refractivity contribution in [2.75, 3.05) is 64.4 Å². The van der Waals surface area contributed by atoms with Gasteiger partial charge in [-0.1, -0.05) is 19.4 Å². The molecule has 0 saturated carbocycles. The minimum Gasteiger partial charge on any atom is -0.493 e. The Morgan fingerprint density at radius 3 is 2.40 bits per heavy atom. The molecule has 1 fully saturated rings. The molecule has 0 atom stereocenters. The van der Waals surface area contributed by atoms with Crippen molar-refractivity contribution in [2.24, 2.45) is 0 Å². The first-order valence-electron chi connectivity index (χ1n) is 11.8. The van der Waals surface area contributed by atoms with Gasteiger partial charge in [-0.3, -0.25) is 4.79 Å². The number of nitrogens with zero attached hydrogens (tertiary/aromatic N) is 2. The van der Waals surface area contributed by atoms with Crippen LogP contribution in [0.2, 0.25) is 0 Å². The molecule has 6 nitrogen and oxygen atoms in total. The molecule has 0 bridgehead atoms. The zero-order valence-corrected chi connectivity index (χ0v) is 18.7. The van der Waals surface area contributed by atoms with Crippen molar-refractivity contribution in [1.29, 1.82) is 0 Å². The molecule has 1 aromatic rings. The lowest BCUT2D eigenvalue weighted by atomic mass is 10.0. The molecule has 0 aromatic heterocycles. The van der Waals surface area contributed by atoms with Gasteiger partial charge in [0, 0.05) is 64.1 Å². The van der Waals surface area contributed by atoms with E-state index in [1.165, 1.54) is 50.9 Å². The van der Waals surface area contributed by atoms with Gasteiger partial charge in [0.15, 0.2) is 0 Å². The number of amides is 1. The van der Waals surface area contributed by atoms with E-state index in [9.17, 15) is 4.79 Å². The highest BCUT2D eigenvalue weighted by atomic mass is 16.5. The molecule has 1 saturated heterocycles. The molecule has 0 aliphatic carbocycles. The van der Waals surface area contributed by atoms with E-state index in [0.29, 0.717) is 13.0 Å². The first kappa shape index (κ1) is 23.0. The first-order chi connectivity index (χ1) is 14.7. The fourth-order valence-corrected chi connectivity index (χ4v) is 4.04. The van der Waals surface area contributed by atoms with Crippen LogP contribution in [0.25, 0.3) is 0 Å². The van der Waals surface area contributed by atoms with Crippen molar-refractivity contribution in [2.45, 2.75) is 51.9 Å². The van der Waals surface area contributed by atoms with E-state index in [2.05, 4.69) is 28.1 Å². The number of hydrogen-bond acceptors (Lipinski definition) is 5. The maximum absolute atomic E-state index is 11.6. The topological polar surface area (TPSA) is 54.0 Å². The molecule has 1 amide bonds. The number of benzene rings is 1. The number of fused-ring (bicyclic) bond motifs is 1. The van der Waals surface area contributed by atoms with Crippen LogP contribution >= 0.6 is 0 Å². The quantitative estimate of drug-likeness (QED) is 0.498. The summed E-state index contributed by atoms with van der Waals surface area (Å²) in [6.45, 7) is 11.7. The van der Waals surface area contributed by atoms with Gasteiger partial charge in [-0.05, 0) is 50.3 Å². The molecular weight excluding hydrogens is 378 g/mol. The summed E-state index contributed by atoms with van der Waals surface area (Å²) in [5.74, 6) is 0.943. The Morgan fingerprint density at radius 2 is 1.63 bits per heavy atom. The lowest BCUT2D eigenvalue weighted by molar-refractivity contribution is -0.116. The number of piperazine rings is 1. The number of anilines is 1. The summed E-state index contributed by atoms with van der Waals surface area (Å²) in [5.41, 5.74) is 2.11. The lowest BCUT2D eigenvalue weighted by Gasteiger charge is -2.34. The smallest absolute Gasteiger partial charge is 0.224 e. The van der Waals surface area contributed by atoms with Crippen molar-refractivity contribution in [3.05, 3.63) is 23.8 Å². The Kier molecular flexibility index (Phi) is 9.93. The van der Waals surface area contributed by atoms with Crippen molar-refractivity contribution < 1.29 is 14.3 Å². The number of unbranched alkanes of at least 4 members (excludes halogenated alkanes) is 2. The zero-order chi connectivity index (χ0) is 21.0. The van der Waals surface area contributed by atoms with Gasteiger partial charge < -0.3 is 24.6 Å². The molecule has 3 rings (SSSR count). The van der Waals surface area contributed by atoms with Gasteiger partial charge >= 0.3 is 0 Å². The summed E-state index contributed by atoms with van der Waals surface area (Å²) >= 11 is 0. The molecular formula is C24H39N3O3. The third-order valence-corrected chi connectivity index (χ3v) is 5.98. The molecule has 2 aliphatic heterocycles. The molecule has 168 valence electrons. The second kappa shape index (κ2) is 12.9. The van der Waals surface area contributed by atoms with Gasteiger partial charge in [-0.2, -0.15) is 0 Å². The fraction of sp³-hybridized carbons (Fsp3) is 0.708. The fourth-order valence-electron chi connectivity index (χ4n) is 4.04. The monoisotopic (exact) mass is 417 g/mol. The largest absolute Gasteiger partial charge is 0.493 e. The summed E-state index contributed by atoms with van der Waals surface area (Å²) in [7, 11) is 0. The minimum absolute atomic E-state index is 0.0964. The normalized spacial score (nSPS) is 17.6. The average Bonchev–Trinajstić information content (AvgIpc) is 2.77. The van der Waals surface area contributed by atoms with Crippen molar-refractivity contribution in [1.82, 2.24) is 9.80 Å². The molecule has 30 heavy (non-hydrogen) atoms. The maximum Gasteiger partial charge on any atom is 0.224 e. The summed E-state index contributed by atoms with van der Waals surface area (Å²) in [6, 6.07) is 6.05. The Bertz CT molecular complexity index is 645. The molecule has 1 aromatic carbocycles. The number of carbonyl (C=O) groups excluding carboxylic acids is 1. The number of rotatable bonds is 13. The second-order valence-corrected chi connectivity index (χ2v) is 8.43. The summed E-state index contributed by atoms with van der Waals surface area (Å²) in [4.78, 5) is 16.7. The molecule has 6 heteroatoms. The number of hydrogen-bond donors (Lipinski definition) is 1. The van der Waals surface area contributed by atoms with Crippen LogP contribution in [0, 0.1) is 0 Å². The third-order valence-electron chi connectivity index (χ3n) is 5.98. The van der Waals surface area contributed by atoms with E-state index >= 15 is 0 Å². The van der Waals surface area contributed by atoms with E-state index in [4.69, 9.17) is 9.47 Å². The van der Waals surface area contributed by atoms with E-state index in [1.54, 1.807) is 0 Å². The minimum atomic E-state index is 0.0964. The predicted octanol–water partition coefficient (Wildman–Crippen LogP) is 3.55. The Labute approximate surface area is 181 Å². The van der Waals surface area contributed by atoms with Crippen LogP contribution in [0.3, 0.4) is 0 Å². The van der Waals surface area contributed by atoms with Crippen molar-refractivity contribution in [3.63, 3.8) is 0 Å². The van der Waals surface area contributed by atoms with Crippen molar-refractivity contribution >= 4 is 11.6 Å². The number of carbonyl (C=O) groups is 1. The van der Waals surface area contributed by atoms with Gasteiger partial charge in [0.1, 0.15) is 5.75 Å². The highest BCUT2D eigenvalue weighted by Gasteiger charge is 2.17. The van der Waals surface area contributed by atoms with Crippen molar-refractivity contribution in [3.8, 4) is 5.75 Å². The van der Waals surface area contributed by atoms with Crippen LogP contribution in [0.15, 0.2) is 18.2 Å². The van der Waals surface area contributed by atoms with Crippen LogP contribution in [-0.4, -0.2) is 74.8 Å². The average molecular weight is 418 g/mol. The zero-order valence-electron chi connectivity index (χ0n) is 18.7. The van der Waals surface area contributed by atoms with Gasteiger partial charge in [0.05, 0.1) is 6.61 Å². The lowest BCUT2D eigenvalue weighted by Crippen LogP contribution is -2.46. The molecule has 0 radical (unpaired) electrons. The number of nitrogens with one attached hydrogen (secondary N) is 1. The van der Waals surface area contributed by atoms with Gasteiger partial charge in [-0.15, -0.1) is 0 Å². The first-order valence-corrected chi connectivity index (χ1v) is 11.8. The summed E-state index contributed by atoms with van der Waals surface area (Å²) < 4.78 is 11.6. The standard InChI is InChI=1S/C24H39N3O3/c1-2-3-17-29-18-5-4-11-26-13-15-27(16-14-26)12-6-19-30-22-9-7-21-8-10-24(28)25-23(21)20-22/h7,9,20H,2-6,8,10-19H2,1H3,(H,25,28). The predicted molar refractivity (Wildman–Crippen MR) is 121 cm³/mol. The van der Waals surface area contributed by atoms with Gasteiger partial charge in [-0.25, -0.2) is 0 Å². The Balaban J connectivity index is 1.22. The van der Waals surface area contributed by atoms with E-state index in [0.717, 1.165) is 57.1 Å². The Morgan fingerprint density at radius 1 is 0.900 bits per heavy atom. The SMILES string of the molecule is CCCCOCCCCN1CCN(CCCOc2ccc3c(c2)NC(=O)CC3)CC1. The van der Waals surface area contributed by atoms with Crippen LogP contribution in [-0.2, 0) is 16.0 Å². The maximum atomic E-state index is 11.6. The highest BCUT2D eigenvalue weighted by Crippen LogP contribution is 2.27. The molecule has 0 unspecified atom stereocenters. The summed E-state index contributed by atoms with van der Waals surface area (Å²) in [6.07, 6.45) is 7.23. The van der Waals surface area contributed by atoms with Crippen LogP contribution in [0.4, 0.5) is 5.69 Å². The number of ether oxygens (including phenoxy) is 2. The van der Waals surface area contributed by atoms with Crippen LogP contribution < -0.4 is 10.1 Å². The van der Waals surface area contributed by atoms with Crippen LogP contribution in [0.5, 0.6) is 5.75 Å². The molecule has 2 aliphatic rings. The van der Waals surface area contributed by atoms with E-state index < -0.39 is 0 Å². The highest BCUT2D eigenvalue weighted by molar-refractivity contribution is 5.94. The second-order valence-electron chi connectivity index (χ2n) is 8.43. The van der Waals surface area contributed by atoms with E-state index in [-0.39, 0.29) is 5.91 Å². The molecule has 2 heterocycles. The summed E-state index contributed by atoms with van der Waals surface area (Å²) in [5, 5.41) is 2.94. The van der Waals surface area contributed by atoms with Crippen LogP contribution in [0.1, 0.15) is 51.0 Å². The van der Waals surface area contributed by atoms with E-state index in [1.807, 2.05) is 12.1 Å². The number of aryl methyl sites for hydroxylation is 1. The Hall–Kier alpha value is -1.63. The molecule has 1 N–H and O–H groups in total. The third kappa shape index (κ3) is 7.89. The molecule has 0 spiro atoms.